The maximum atomic E-state index is 10.5. The molecule has 1 aromatic heterocycles. The number of aryl methyl sites for hydroxylation is 1. The van der Waals surface area contributed by atoms with Gasteiger partial charge in [-0.2, -0.15) is 0 Å². The Balaban J connectivity index is 2.29. The van der Waals surface area contributed by atoms with E-state index in [0.29, 0.717) is 6.54 Å². The van der Waals surface area contributed by atoms with Crippen LogP contribution in [-0.2, 0) is 4.79 Å². The fourth-order valence-electron chi connectivity index (χ4n) is 1.76. The molecule has 0 aliphatic rings. The third-order valence-electron chi connectivity index (χ3n) is 2.50. The molecule has 0 aliphatic heterocycles. The number of hydrogen-bond donors (Lipinski definition) is 2. The van der Waals surface area contributed by atoms with E-state index < -0.39 is 5.97 Å². The van der Waals surface area contributed by atoms with E-state index in [0.717, 1.165) is 22.3 Å². The van der Waals surface area contributed by atoms with Crippen molar-refractivity contribution in [2.45, 2.75) is 13.3 Å². The third-order valence-corrected chi connectivity index (χ3v) is 2.50. The molecule has 2 rings (SSSR count). The summed E-state index contributed by atoms with van der Waals surface area (Å²) in [4.78, 5) is 14.9. The maximum absolute atomic E-state index is 10.5. The highest BCUT2D eigenvalue weighted by molar-refractivity contribution is 5.91. The molecule has 0 atom stereocenters. The largest absolute Gasteiger partial charge is 0.481 e. The zero-order valence-electron chi connectivity index (χ0n) is 9.60. The van der Waals surface area contributed by atoms with E-state index in [4.69, 9.17) is 5.11 Å². The van der Waals surface area contributed by atoms with Gasteiger partial charge in [-0.05, 0) is 19.1 Å². The van der Waals surface area contributed by atoms with E-state index >= 15 is 0 Å². The molecule has 1 heterocycles. The fourth-order valence-corrected chi connectivity index (χ4v) is 1.76. The first-order chi connectivity index (χ1) is 8.16. The Labute approximate surface area is 99.3 Å². The Morgan fingerprint density at radius 2 is 2.18 bits per heavy atom. The molecule has 2 N–H and O–H groups in total. The molecule has 4 nitrogen and oxygen atoms in total. The quantitative estimate of drug-likeness (QED) is 0.846. The summed E-state index contributed by atoms with van der Waals surface area (Å²) in [5, 5.41) is 12.8. The monoisotopic (exact) mass is 230 g/mol. The molecular weight excluding hydrogens is 216 g/mol. The molecule has 0 saturated heterocycles. The summed E-state index contributed by atoms with van der Waals surface area (Å²) in [6.45, 7) is 2.34. The summed E-state index contributed by atoms with van der Waals surface area (Å²) in [7, 11) is 0. The molecular formula is C13H14N2O2. The molecule has 0 aliphatic carbocycles. The Hall–Kier alpha value is -2.10. The van der Waals surface area contributed by atoms with Crippen LogP contribution in [-0.4, -0.2) is 22.6 Å². The smallest absolute Gasteiger partial charge is 0.305 e. The van der Waals surface area contributed by atoms with Gasteiger partial charge in [-0.1, -0.05) is 18.2 Å². The van der Waals surface area contributed by atoms with Crippen molar-refractivity contribution in [3.63, 3.8) is 0 Å². The maximum Gasteiger partial charge on any atom is 0.305 e. The van der Waals surface area contributed by atoms with Crippen molar-refractivity contribution in [1.29, 1.82) is 0 Å². The standard InChI is InChI=1S/C13H14N2O2/c1-9-8-12(14-7-6-13(16)17)10-4-2-3-5-11(10)15-9/h2-5,8H,6-7H2,1H3,(H,14,15)(H,16,17). The van der Waals surface area contributed by atoms with Crippen LogP contribution < -0.4 is 5.32 Å². The minimum Gasteiger partial charge on any atom is -0.481 e. The van der Waals surface area contributed by atoms with Crippen LogP contribution in [0.25, 0.3) is 10.9 Å². The minimum atomic E-state index is -0.799. The molecule has 0 amide bonds. The predicted molar refractivity (Wildman–Crippen MR) is 67.2 cm³/mol. The highest BCUT2D eigenvalue weighted by Crippen LogP contribution is 2.22. The Kier molecular flexibility index (Phi) is 3.23. The normalized spacial score (nSPS) is 10.4. The number of anilines is 1. The van der Waals surface area contributed by atoms with Crippen LogP contribution >= 0.6 is 0 Å². The van der Waals surface area contributed by atoms with Gasteiger partial charge in [-0.15, -0.1) is 0 Å². The van der Waals surface area contributed by atoms with Gasteiger partial charge in [-0.25, -0.2) is 0 Å². The van der Waals surface area contributed by atoms with Crippen LogP contribution in [0.2, 0.25) is 0 Å². The van der Waals surface area contributed by atoms with Crippen LogP contribution in [0.5, 0.6) is 0 Å². The van der Waals surface area contributed by atoms with Crippen LogP contribution in [0.15, 0.2) is 30.3 Å². The fraction of sp³-hybridized carbons (Fsp3) is 0.231. The summed E-state index contributed by atoms with van der Waals surface area (Å²) in [5.74, 6) is -0.799. The highest BCUT2D eigenvalue weighted by atomic mass is 16.4. The zero-order valence-corrected chi connectivity index (χ0v) is 9.60. The first-order valence-corrected chi connectivity index (χ1v) is 5.49. The molecule has 0 bridgehead atoms. The zero-order chi connectivity index (χ0) is 12.3. The molecule has 17 heavy (non-hydrogen) atoms. The molecule has 0 spiro atoms. The van der Waals surface area contributed by atoms with Crippen molar-refractivity contribution in [2.75, 3.05) is 11.9 Å². The lowest BCUT2D eigenvalue weighted by molar-refractivity contribution is -0.136. The molecule has 88 valence electrons. The van der Waals surface area contributed by atoms with E-state index in [1.165, 1.54) is 0 Å². The number of rotatable bonds is 4. The van der Waals surface area contributed by atoms with Gasteiger partial charge in [0.15, 0.2) is 0 Å². The number of carboxylic acid groups (broad SMARTS) is 1. The number of nitrogens with one attached hydrogen (secondary N) is 1. The summed E-state index contributed by atoms with van der Waals surface area (Å²) in [6.07, 6.45) is 0.107. The Bertz CT molecular complexity index is 552. The molecule has 0 saturated carbocycles. The van der Waals surface area contributed by atoms with Crippen molar-refractivity contribution >= 4 is 22.6 Å². The molecule has 2 aromatic rings. The summed E-state index contributed by atoms with van der Waals surface area (Å²) < 4.78 is 0. The van der Waals surface area contributed by atoms with Gasteiger partial charge in [0, 0.05) is 23.3 Å². The average Bonchev–Trinajstić information content (AvgIpc) is 2.28. The van der Waals surface area contributed by atoms with Gasteiger partial charge < -0.3 is 10.4 Å². The van der Waals surface area contributed by atoms with Crippen molar-refractivity contribution in [1.82, 2.24) is 4.98 Å². The lowest BCUT2D eigenvalue weighted by atomic mass is 10.1. The lowest BCUT2D eigenvalue weighted by Gasteiger charge is -2.09. The molecule has 0 radical (unpaired) electrons. The Morgan fingerprint density at radius 3 is 2.94 bits per heavy atom. The number of aromatic nitrogens is 1. The van der Waals surface area contributed by atoms with Gasteiger partial charge in [0.05, 0.1) is 11.9 Å². The van der Waals surface area contributed by atoms with E-state index in [9.17, 15) is 4.79 Å². The number of nitrogens with zero attached hydrogens (tertiary/aromatic N) is 1. The number of fused-ring (bicyclic) bond motifs is 1. The Morgan fingerprint density at radius 1 is 1.41 bits per heavy atom. The van der Waals surface area contributed by atoms with Gasteiger partial charge in [0.2, 0.25) is 0 Å². The lowest BCUT2D eigenvalue weighted by Crippen LogP contribution is -2.08. The van der Waals surface area contributed by atoms with Crippen LogP contribution in [0.4, 0.5) is 5.69 Å². The van der Waals surface area contributed by atoms with E-state index in [-0.39, 0.29) is 6.42 Å². The number of benzene rings is 1. The average molecular weight is 230 g/mol. The second-order valence-electron chi connectivity index (χ2n) is 3.90. The van der Waals surface area contributed by atoms with E-state index in [2.05, 4.69) is 10.3 Å². The third kappa shape index (κ3) is 2.72. The predicted octanol–water partition coefficient (Wildman–Crippen LogP) is 2.43. The van der Waals surface area contributed by atoms with Crippen LogP contribution in [0, 0.1) is 6.92 Å². The van der Waals surface area contributed by atoms with Crippen molar-refractivity contribution < 1.29 is 9.90 Å². The molecule has 4 heteroatoms. The van der Waals surface area contributed by atoms with Gasteiger partial charge in [-0.3, -0.25) is 9.78 Å². The van der Waals surface area contributed by atoms with E-state index in [1.807, 2.05) is 37.3 Å². The molecule has 0 fully saturated rings. The van der Waals surface area contributed by atoms with Crippen molar-refractivity contribution in [2.24, 2.45) is 0 Å². The molecule has 1 aromatic carbocycles. The SMILES string of the molecule is Cc1cc(NCCC(=O)O)c2ccccc2n1. The van der Waals surface area contributed by atoms with Crippen molar-refractivity contribution in [3.8, 4) is 0 Å². The second-order valence-corrected chi connectivity index (χ2v) is 3.90. The number of pyridine rings is 1. The number of para-hydroxylation sites is 1. The number of aliphatic carboxylic acids is 1. The minimum absolute atomic E-state index is 0.107. The number of hydrogen-bond acceptors (Lipinski definition) is 3. The van der Waals surface area contributed by atoms with Gasteiger partial charge >= 0.3 is 5.97 Å². The topological polar surface area (TPSA) is 62.2 Å². The first kappa shape index (κ1) is 11.4. The van der Waals surface area contributed by atoms with Gasteiger partial charge in [0.1, 0.15) is 0 Å². The molecule has 0 unspecified atom stereocenters. The second kappa shape index (κ2) is 4.82. The van der Waals surface area contributed by atoms with Crippen LogP contribution in [0.3, 0.4) is 0 Å². The number of carboxylic acids is 1. The van der Waals surface area contributed by atoms with Crippen LogP contribution in [0.1, 0.15) is 12.1 Å². The highest BCUT2D eigenvalue weighted by Gasteiger charge is 2.03. The van der Waals surface area contributed by atoms with E-state index in [1.54, 1.807) is 0 Å². The van der Waals surface area contributed by atoms with Gasteiger partial charge in [0.25, 0.3) is 0 Å². The van der Waals surface area contributed by atoms with Crippen molar-refractivity contribution in [3.05, 3.63) is 36.0 Å². The summed E-state index contributed by atoms with van der Waals surface area (Å²) >= 11 is 0. The summed E-state index contributed by atoms with van der Waals surface area (Å²) in [5.41, 5.74) is 2.78. The number of carbonyl (C=O) groups is 1. The first-order valence-electron chi connectivity index (χ1n) is 5.49. The summed E-state index contributed by atoms with van der Waals surface area (Å²) in [6, 6.07) is 9.75.